The summed E-state index contributed by atoms with van der Waals surface area (Å²) in [6.45, 7) is 0.343. The van der Waals surface area contributed by atoms with Crippen molar-refractivity contribution >= 4 is 5.91 Å². The number of nitriles is 1. The summed E-state index contributed by atoms with van der Waals surface area (Å²) in [6.07, 6.45) is 1.30. The van der Waals surface area contributed by atoms with E-state index in [1.165, 1.54) is 0 Å². The first-order valence-electron chi connectivity index (χ1n) is 6.05. The van der Waals surface area contributed by atoms with Crippen molar-refractivity contribution in [3.63, 3.8) is 0 Å². The van der Waals surface area contributed by atoms with Crippen LogP contribution in [0.15, 0.2) is 18.2 Å². The zero-order valence-electron chi connectivity index (χ0n) is 11.0. The lowest BCUT2D eigenvalue weighted by Crippen LogP contribution is -2.30. The van der Waals surface area contributed by atoms with Gasteiger partial charge in [0.05, 0.1) is 20.3 Å². The van der Waals surface area contributed by atoms with E-state index in [4.69, 9.17) is 14.7 Å². The molecule has 1 aromatic carbocycles. The van der Waals surface area contributed by atoms with Crippen molar-refractivity contribution in [1.82, 2.24) is 5.32 Å². The third-order valence-corrected chi connectivity index (χ3v) is 3.33. The lowest BCUT2D eigenvalue weighted by Gasteiger charge is -2.12. The van der Waals surface area contributed by atoms with Gasteiger partial charge in [-0.05, 0) is 25.0 Å². The van der Waals surface area contributed by atoms with Crippen molar-refractivity contribution in [2.75, 3.05) is 14.2 Å². The molecule has 0 unspecified atom stereocenters. The maximum atomic E-state index is 11.9. The molecule has 0 aromatic heterocycles. The summed E-state index contributed by atoms with van der Waals surface area (Å²) in [7, 11) is 3.15. The van der Waals surface area contributed by atoms with Crippen molar-refractivity contribution in [2.45, 2.75) is 19.4 Å². The predicted octanol–water partition coefficient (Wildman–Crippen LogP) is 1.62. The van der Waals surface area contributed by atoms with Crippen LogP contribution in [0.3, 0.4) is 0 Å². The number of nitrogens with one attached hydrogen (secondary N) is 1. The number of methoxy groups -OCH3 is 2. The Morgan fingerprint density at radius 3 is 2.68 bits per heavy atom. The van der Waals surface area contributed by atoms with E-state index < -0.39 is 5.41 Å². The number of carbonyl (C=O) groups excluding carboxylic acids is 1. The maximum absolute atomic E-state index is 11.9. The van der Waals surface area contributed by atoms with Crippen LogP contribution in [0.5, 0.6) is 11.5 Å². The van der Waals surface area contributed by atoms with Gasteiger partial charge in [-0.1, -0.05) is 0 Å². The molecule has 100 valence electrons. The van der Waals surface area contributed by atoms with Crippen LogP contribution in [-0.4, -0.2) is 20.1 Å². The summed E-state index contributed by atoms with van der Waals surface area (Å²) in [6, 6.07) is 7.48. The van der Waals surface area contributed by atoms with Crippen LogP contribution in [-0.2, 0) is 11.3 Å². The molecule has 2 rings (SSSR count). The topological polar surface area (TPSA) is 71.3 Å². The quantitative estimate of drug-likeness (QED) is 0.873. The highest BCUT2D eigenvalue weighted by Crippen LogP contribution is 2.45. The van der Waals surface area contributed by atoms with E-state index in [2.05, 4.69) is 11.4 Å². The van der Waals surface area contributed by atoms with Gasteiger partial charge in [0.25, 0.3) is 0 Å². The fourth-order valence-corrected chi connectivity index (χ4v) is 1.86. The van der Waals surface area contributed by atoms with E-state index in [9.17, 15) is 4.79 Å². The van der Waals surface area contributed by atoms with Gasteiger partial charge in [-0.2, -0.15) is 5.26 Å². The molecule has 1 aromatic rings. The second-order valence-electron chi connectivity index (χ2n) is 4.55. The van der Waals surface area contributed by atoms with E-state index >= 15 is 0 Å². The number of hydrogen-bond donors (Lipinski definition) is 1. The highest BCUT2D eigenvalue weighted by Gasteiger charge is 2.50. The van der Waals surface area contributed by atoms with E-state index in [0.29, 0.717) is 30.9 Å². The Labute approximate surface area is 112 Å². The lowest BCUT2D eigenvalue weighted by molar-refractivity contribution is -0.124. The molecule has 0 saturated heterocycles. The molecule has 0 bridgehead atoms. The largest absolute Gasteiger partial charge is 0.497 e. The Balaban J connectivity index is 2.04. The molecule has 0 radical (unpaired) electrons. The van der Waals surface area contributed by atoms with E-state index in [1.807, 2.05) is 6.07 Å². The molecule has 0 spiro atoms. The molecule has 1 aliphatic rings. The first-order chi connectivity index (χ1) is 9.15. The van der Waals surface area contributed by atoms with Gasteiger partial charge in [0, 0.05) is 18.2 Å². The molecule has 1 saturated carbocycles. The molecule has 1 amide bonds. The van der Waals surface area contributed by atoms with Gasteiger partial charge >= 0.3 is 0 Å². The van der Waals surface area contributed by atoms with Gasteiger partial charge in [0.1, 0.15) is 16.9 Å². The lowest BCUT2D eigenvalue weighted by atomic mass is 10.1. The van der Waals surface area contributed by atoms with Crippen molar-refractivity contribution in [3.05, 3.63) is 23.8 Å². The summed E-state index contributed by atoms with van der Waals surface area (Å²) in [4.78, 5) is 11.9. The standard InChI is InChI=1S/C14H16N2O3/c1-18-11-4-3-10(12(7-11)19-2)8-16-13(17)14(9-15)5-6-14/h3-4,7H,5-6,8H2,1-2H3,(H,16,17). The van der Waals surface area contributed by atoms with E-state index in [0.717, 1.165) is 5.56 Å². The fraction of sp³-hybridized carbons (Fsp3) is 0.429. The first kappa shape index (κ1) is 13.2. The van der Waals surface area contributed by atoms with Gasteiger partial charge in [-0.15, -0.1) is 0 Å². The van der Waals surface area contributed by atoms with Crippen LogP contribution < -0.4 is 14.8 Å². The van der Waals surface area contributed by atoms with Crippen LogP contribution in [0.4, 0.5) is 0 Å². The Morgan fingerprint density at radius 2 is 2.16 bits per heavy atom. The third-order valence-electron chi connectivity index (χ3n) is 3.33. The fourth-order valence-electron chi connectivity index (χ4n) is 1.86. The van der Waals surface area contributed by atoms with Crippen LogP contribution in [0.1, 0.15) is 18.4 Å². The highest BCUT2D eigenvalue weighted by atomic mass is 16.5. The van der Waals surface area contributed by atoms with Crippen molar-refractivity contribution in [2.24, 2.45) is 5.41 Å². The third kappa shape index (κ3) is 2.63. The van der Waals surface area contributed by atoms with Crippen molar-refractivity contribution < 1.29 is 14.3 Å². The smallest absolute Gasteiger partial charge is 0.240 e. The second-order valence-corrected chi connectivity index (χ2v) is 4.55. The van der Waals surface area contributed by atoms with E-state index in [-0.39, 0.29) is 5.91 Å². The van der Waals surface area contributed by atoms with Crippen LogP contribution >= 0.6 is 0 Å². The Hall–Kier alpha value is -2.22. The molecule has 0 heterocycles. The summed E-state index contributed by atoms with van der Waals surface area (Å²) < 4.78 is 10.4. The Kier molecular flexibility index (Phi) is 3.61. The Morgan fingerprint density at radius 1 is 1.42 bits per heavy atom. The molecule has 5 nitrogen and oxygen atoms in total. The highest BCUT2D eigenvalue weighted by molar-refractivity contribution is 5.88. The van der Waals surface area contributed by atoms with Gasteiger partial charge in [-0.3, -0.25) is 4.79 Å². The number of benzene rings is 1. The van der Waals surface area contributed by atoms with Crippen molar-refractivity contribution in [1.29, 1.82) is 5.26 Å². The average Bonchev–Trinajstić information content (AvgIpc) is 3.25. The number of amides is 1. The molecule has 0 aliphatic heterocycles. The van der Waals surface area contributed by atoms with Crippen molar-refractivity contribution in [3.8, 4) is 17.6 Å². The monoisotopic (exact) mass is 260 g/mol. The summed E-state index contributed by atoms with van der Waals surface area (Å²) in [5, 5.41) is 11.7. The van der Waals surface area contributed by atoms with Gasteiger partial charge in [0.15, 0.2) is 0 Å². The van der Waals surface area contributed by atoms with Crippen LogP contribution in [0.25, 0.3) is 0 Å². The van der Waals surface area contributed by atoms with Gasteiger partial charge < -0.3 is 14.8 Å². The maximum Gasteiger partial charge on any atom is 0.240 e. The molecule has 5 heteroatoms. The minimum absolute atomic E-state index is 0.201. The molecular weight excluding hydrogens is 244 g/mol. The average molecular weight is 260 g/mol. The molecule has 1 aliphatic carbocycles. The summed E-state index contributed by atoms with van der Waals surface area (Å²) in [5.74, 6) is 1.15. The first-order valence-corrected chi connectivity index (χ1v) is 6.05. The minimum Gasteiger partial charge on any atom is -0.497 e. The number of ether oxygens (including phenoxy) is 2. The summed E-state index contributed by atoms with van der Waals surface area (Å²) in [5.41, 5.74) is 0.0603. The van der Waals surface area contributed by atoms with Crippen LogP contribution in [0, 0.1) is 16.7 Å². The number of nitrogens with zero attached hydrogens (tertiary/aromatic N) is 1. The van der Waals surface area contributed by atoms with Gasteiger partial charge in [-0.25, -0.2) is 0 Å². The zero-order chi connectivity index (χ0) is 13.9. The normalized spacial score (nSPS) is 15.2. The Bertz CT molecular complexity index is 530. The molecule has 19 heavy (non-hydrogen) atoms. The molecule has 1 N–H and O–H groups in total. The number of carbonyl (C=O) groups is 1. The number of hydrogen-bond acceptors (Lipinski definition) is 4. The van der Waals surface area contributed by atoms with Crippen LogP contribution in [0.2, 0.25) is 0 Å². The molecule has 0 atom stereocenters. The minimum atomic E-state index is -0.792. The van der Waals surface area contributed by atoms with E-state index in [1.54, 1.807) is 26.4 Å². The molecular formula is C14H16N2O3. The second kappa shape index (κ2) is 5.19. The predicted molar refractivity (Wildman–Crippen MR) is 68.7 cm³/mol. The van der Waals surface area contributed by atoms with Gasteiger partial charge in [0.2, 0.25) is 5.91 Å². The SMILES string of the molecule is COc1ccc(CNC(=O)C2(C#N)CC2)c(OC)c1. The molecule has 1 fully saturated rings. The zero-order valence-corrected chi connectivity index (χ0v) is 11.0. The number of rotatable bonds is 5. The summed E-state index contributed by atoms with van der Waals surface area (Å²) >= 11 is 0.